The number of amides is 2. The predicted octanol–water partition coefficient (Wildman–Crippen LogP) is 7.27. The van der Waals surface area contributed by atoms with Gasteiger partial charge >= 0.3 is 0 Å². The van der Waals surface area contributed by atoms with Crippen molar-refractivity contribution >= 4 is 23.4 Å². The Hall–Kier alpha value is -3.89. The molecule has 1 atom stereocenters. The summed E-state index contributed by atoms with van der Waals surface area (Å²) in [7, 11) is 0. The van der Waals surface area contributed by atoms with E-state index in [1.165, 1.54) is 0 Å². The van der Waals surface area contributed by atoms with Gasteiger partial charge in [-0.1, -0.05) is 135 Å². The average molecular weight is 553 g/mol. The fraction of sp³-hybridized carbons (Fsp3) is 0.257. The molecule has 0 saturated heterocycles. The minimum atomic E-state index is -0.697. The van der Waals surface area contributed by atoms with Crippen LogP contribution in [0.5, 0.6) is 0 Å². The van der Waals surface area contributed by atoms with E-state index in [-0.39, 0.29) is 36.6 Å². The SMILES string of the molecule is CC(C)CNC(=O)C(Cc1ccccc1)N(Cc1ccccc1Cl)C(=O)CC(c1ccccc1)c1ccccc1. The molecule has 4 aromatic carbocycles. The van der Waals surface area contributed by atoms with Crippen molar-refractivity contribution in [3.05, 3.63) is 143 Å². The molecule has 4 nitrogen and oxygen atoms in total. The van der Waals surface area contributed by atoms with Gasteiger partial charge in [0.05, 0.1) is 0 Å². The lowest BCUT2D eigenvalue weighted by Crippen LogP contribution is -2.51. The zero-order chi connectivity index (χ0) is 28.3. The molecule has 1 unspecified atom stereocenters. The molecule has 0 heterocycles. The monoisotopic (exact) mass is 552 g/mol. The summed E-state index contributed by atoms with van der Waals surface area (Å²) in [6.45, 7) is 4.89. The molecule has 4 aromatic rings. The van der Waals surface area contributed by atoms with Crippen LogP contribution in [0.1, 0.15) is 48.4 Å². The third-order valence-corrected chi connectivity index (χ3v) is 7.41. The Morgan fingerprint density at radius 1 is 0.750 bits per heavy atom. The maximum Gasteiger partial charge on any atom is 0.243 e. The number of nitrogens with zero attached hydrogens (tertiary/aromatic N) is 1. The van der Waals surface area contributed by atoms with Crippen molar-refractivity contribution in [3.63, 3.8) is 0 Å². The molecule has 0 aliphatic rings. The van der Waals surface area contributed by atoms with Crippen LogP contribution in [0.2, 0.25) is 5.02 Å². The molecule has 4 rings (SSSR count). The minimum absolute atomic E-state index is 0.0988. The van der Waals surface area contributed by atoms with E-state index in [4.69, 9.17) is 11.6 Å². The van der Waals surface area contributed by atoms with E-state index >= 15 is 0 Å². The number of benzene rings is 4. The van der Waals surface area contributed by atoms with Crippen LogP contribution in [-0.4, -0.2) is 29.3 Å². The van der Waals surface area contributed by atoms with Crippen molar-refractivity contribution in [2.75, 3.05) is 6.54 Å². The molecular weight excluding hydrogens is 516 g/mol. The number of carbonyl (C=O) groups excluding carboxylic acids is 2. The molecular formula is C35H37ClN2O2. The first-order chi connectivity index (χ1) is 19.4. The van der Waals surface area contributed by atoms with Gasteiger partial charge in [0.15, 0.2) is 0 Å². The van der Waals surface area contributed by atoms with E-state index in [0.29, 0.717) is 18.0 Å². The highest BCUT2D eigenvalue weighted by atomic mass is 35.5. The first-order valence-electron chi connectivity index (χ1n) is 13.9. The molecule has 0 aliphatic carbocycles. The molecule has 206 valence electrons. The molecule has 2 amide bonds. The second-order valence-electron chi connectivity index (χ2n) is 10.5. The fourth-order valence-electron chi connectivity index (χ4n) is 4.88. The van der Waals surface area contributed by atoms with Crippen molar-refractivity contribution in [1.29, 1.82) is 0 Å². The van der Waals surface area contributed by atoms with Gasteiger partial charge in [-0.25, -0.2) is 0 Å². The van der Waals surface area contributed by atoms with E-state index in [1.54, 1.807) is 4.90 Å². The lowest BCUT2D eigenvalue weighted by Gasteiger charge is -2.33. The Bertz CT molecular complexity index is 1320. The largest absolute Gasteiger partial charge is 0.354 e. The molecule has 0 radical (unpaired) electrons. The number of halogens is 1. The van der Waals surface area contributed by atoms with Crippen molar-refractivity contribution in [2.24, 2.45) is 5.92 Å². The van der Waals surface area contributed by atoms with Crippen LogP contribution in [-0.2, 0) is 22.6 Å². The maximum absolute atomic E-state index is 14.4. The summed E-state index contributed by atoms with van der Waals surface area (Å²) in [5.41, 5.74) is 3.92. The molecule has 0 fully saturated rings. The topological polar surface area (TPSA) is 49.4 Å². The Kier molecular flexibility index (Phi) is 10.5. The van der Waals surface area contributed by atoms with Crippen LogP contribution >= 0.6 is 11.6 Å². The first kappa shape index (κ1) is 29.1. The summed E-state index contributed by atoms with van der Waals surface area (Å²) < 4.78 is 0. The van der Waals surface area contributed by atoms with Crippen molar-refractivity contribution < 1.29 is 9.59 Å². The second kappa shape index (κ2) is 14.5. The van der Waals surface area contributed by atoms with E-state index in [0.717, 1.165) is 22.3 Å². The molecule has 0 spiro atoms. The van der Waals surface area contributed by atoms with E-state index in [9.17, 15) is 9.59 Å². The summed E-state index contributed by atoms with van der Waals surface area (Å²) in [6.07, 6.45) is 0.629. The second-order valence-corrected chi connectivity index (χ2v) is 10.9. The van der Waals surface area contributed by atoms with E-state index in [1.807, 2.05) is 91.0 Å². The van der Waals surface area contributed by atoms with Crippen LogP contribution in [0, 0.1) is 5.92 Å². The van der Waals surface area contributed by atoms with Gasteiger partial charge in [0, 0.05) is 36.9 Å². The standard InChI is InChI=1S/C35H37ClN2O2/c1-26(2)24-37-35(40)33(22-27-14-6-3-7-15-27)38(25-30-20-12-13-21-32(30)36)34(39)23-31(28-16-8-4-9-17-28)29-18-10-5-11-19-29/h3-21,26,31,33H,22-25H2,1-2H3,(H,37,40). The number of hydrogen-bond acceptors (Lipinski definition) is 2. The molecule has 0 aromatic heterocycles. The Balaban J connectivity index is 1.73. The van der Waals surface area contributed by atoms with E-state index in [2.05, 4.69) is 43.4 Å². The van der Waals surface area contributed by atoms with Gasteiger partial charge in [-0.2, -0.15) is 0 Å². The lowest BCUT2D eigenvalue weighted by molar-refractivity contribution is -0.141. The quantitative estimate of drug-likeness (QED) is 0.201. The van der Waals surface area contributed by atoms with Crippen molar-refractivity contribution in [2.45, 2.75) is 45.2 Å². The number of nitrogens with one attached hydrogen (secondary N) is 1. The normalized spacial score (nSPS) is 11.8. The summed E-state index contributed by atoms with van der Waals surface area (Å²) in [4.78, 5) is 29.9. The fourth-order valence-corrected chi connectivity index (χ4v) is 5.07. The molecule has 0 bridgehead atoms. The molecule has 40 heavy (non-hydrogen) atoms. The van der Waals surface area contributed by atoms with Gasteiger partial charge in [-0.3, -0.25) is 9.59 Å². The van der Waals surface area contributed by atoms with Gasteiger partial charge in [0.25, 0.3) is 0 Å². The number of hydrogen-bond donors (Lipinski definition) is 1. The third kappa shape index (κ3) is 8.06. The highest BCUT2D eigenvalue weighted by Crippen LogP contribution is 2.30. The Morgan fingerprint density at radius 3 is 1.82 bits per heavy atom. The molecule has 1 N–H and O–H groups in total. The molecule has 5 heteroatoms. The van der Waals surface area contributed by atoms with Gasteiger partial charge in [-0.05, 0) is 34.2 Å². The van der Waals surface area contributed by atoms with Crippen LogP contribution in [0.15, 0.2) is 115 Å². The summed E-state index contributed by atoms with van der Waals surface area (Å²) in [5, 5.41) is 3.66. The zero-order valence-corrected chi connectivity index (χ0v) is 23.9. The van der Waals surface area contributed by atoms with Gasteiger partial charge in [0.2, 0.25) is 11.8 Å². The molecule has 0 aliphatic heterocycles. The first-order valence-corrected chi connectivity index (χ1v) is 14.2. The van der Waals surface area contributed by atoms with Crippen LogP contribution in [0.3, 0.4) is 0 Å². The number of carbonyl (C=O) groups is 2. The van der Waals surface area contributed by atoms with Crippen LogP contribution < -0.4 is 5.32 Å². The third-order valence-electron chi connectivity index (χ3n) is 7.04. The smallest absolute Gasteiger partial charge is 0.243 e. The Labute approximate surface area is 243 Å². The average Bonchev–Trinajstić information content (AvgIpc) is 2.98. The summed E-state index contributed by atoms with van der Waals surface area (Å²) in [5.74, 6) is -0.124. The Morgan fingerprint density at radius 2 is 1.27 bits per heavy atom. The van der Waals surface area contributed by atoms with Crippen LogP contribution in [0.4, 0.5) is 0 Å². The van der Waals surface area contributed by atoms with E-state index < -0.39 is 6.04 Å². The zero-order valence-electron chi connectivity index (χ0n) is 23.2. The predicted molar refractivity (Wildman–Crippen MR) is 163 cm³/mol. The van der Waals surface area contributed by atoms with Gasteiger partial charge in [0.1, 0.15) is 6.04 Å². The molecule has 0 saturated carbocycles. The number of rotatable bonds is 12. The highest BCUT2D eigenvalue weighted by Gasteiger charge is 2.32. The van der Waals surface area contributed by atoms with Crippen molar-refractivity contribution in [3.8, 4) is 0 Å². The summed E-state index contributed by atoms with van der Waals surface area (Å²) >= 11 is 6.58. The van der Waals surface area contributed by atoms with Crippen LogP contribution in [0.25, 0.3) is 0 Å². The van der Waals surface area contributed by atoms with Gasteiger partial charge in [-0.15, -0.1) is 0 Å². The van der Waals surface area contributed by atoms with Crippen molar-refractivity contribution in [1.82, 2.24) is 10.2 Å². The van der Waals surface area contributed by atoms with Gasteiger partial charge < -0.3 is 10.2 Å². The minimum Gasteiger partial charge on any atom is -0.354 e. The summed E-state index contributed by atoms with van der Waals surface area (Å²) in [6, 6.07) is 36.8. The maximum atomic E-state index is 14.4. The lowest BCUT2D eigenvalue weighted by atomic mass is 9.87. The highest BCUT2D eigenvalue weighted by molar-refractivity contribution is 6.31.